The molecule has 1 saturated carbocycles. The van der Waals surface area contributed by atoms with E-state index in [1.54, 1.807) is 7.11 Å². The number of nitrogens with zero attached hydrogens (tertiary/aromatic N) is 3. The molecule has 1 N–H and O–H groups in total. The maximum Gasteiger partial charge on any atom is 0.249 e. The molecule has 0 saturated heterocycles. The molecule has 2 aromatic carbocycles. The van der Waals surface area contributed by atoms with E-state index in [-0.39, 0.29) is 36.0 Å². The van der Waals surface area contributed by atoms with E-state index in [9.17, 15) is 9.90 Å². The van der Waals surface area contributed by atoms with Gasteiger partial charge in [0, 0.05) is 37.9 Å². The van der Waals surface area contributed by atoms with Gasteiger partial charge in [-0.1, -0.05) is 87.9 Å². The standard InChI is InChI=1S/C30H39N3O3/c1-30(2,3)28(33(27(35)21-36-4)19-24-16-11-17-26(24)34)29-31-25(23-14-9-6-10-15-23)20-32(29)18-22-12-7-5-8-13-22/h5-10,12-15,20,24,26,28,34H,11,16-19,21H2,1-4H3/t24-,26+,28+/m1/s1. The molecular formula is C30H39N3O3. The number of carbonyl (C=O) groups is 1. The van der Waals surface area contributed by atoms with Crippen molar-refractivity contribution in [2.75, 3.05) is 20.3 Å². The van der Waals surface area contributed by atoms with Gasteiger partial charge in [0.25, 0.3) is 0 Å². The van der Waals surface area contributed by atoms with E-state index in [1.807, 2.05) is 41.3 Å². The lowest BCUT2D eigenvalue weighted by molar-refractivity contribution is -0.142. The lowest BCUT2D eigenvalue weighted by Crippen LogP contribution is -2.47. The van der Waals surface area contributed by atoms with Crippen LogP contribution >= 0.6 is 0 Å². The number of hydrogen-bond donors (Lipinski definition) is 1. The number of amides is 1. The highest BCUT2D eigenvalue weighted by atomic mass is 16.5. The minimum absolute atomic E-state index is 0.000329. The normalized spacial score (nSPS) is 18.8. The van der Waals surface area contributed by atoms with E-state index in [0.29, 0.717) is 13.1 Å². The number of aliphatic hydroxyl groups excluding tert-OH is 1. The highest BCUT2D eigenvalue weighted by Crippen LogP contribution is 2.40. The molecule has 0 radical (unpaired) electrons. The van der Waals surface area contributed by atoms with E-state index in [4.69, 9.17) is 9.72 Å². The Morgan fingerprint density at radius 1 is 1.11 bits per heavy atom. The Morgan fingerprint density at radius 2 is 1.78 bits per heavy atom. The first-order valence-corrected chi connectivity index (χ1v) is 12.9. The van der Waals surface area contributed by atoms with Crippen LogP contribution in [0.25, 0.3) is 11.3 Å². The first-order chi connectivity index (χ1) is 17.3. The number of aromatic nitrogens is 2. The maximum atomic E-state index is 13.5. The molecule has 1 aliphatic carbocycles. The number of methoxy groups -OCH3 is 1. The number of benzene rings is 2. The third-order valence-electron chi connectivity index (χ3n) is 7.09. The molecule has 6 heteroatoms. The summed E-state index contributed by atoms with van der Waals surface area (Å²) < 4.78 is 7.48. The van der Waals surface area contributed by atoms with Crippen molar-refractivity contribution in [1.29, 1.82) is 0 Å². The zero-order chi connectivity index (χ0) is 25.7. The molecule has 1 aromatic heterocycles. The van der Waals surface area contributed by atoms with Gasteiger partial charge in [0.15, 0.2) is 0 Å². The molecule has 3 aromatic rings. The molecule has 1 fully saturated rings. The van der Waals surface area contributed by atoms with Crippen LogP contribution in [0.1, 0.15) is 57.5 Å². The fourth-order valence-corrected chi connectivity index (χ4v) is 5.34. The van der Waals surface area contributed by atoms with Gasteiger partial charge in [-0.2, -0.15) is 0 Å². The van der Waals surface area contributed by atoms with Crippen molar-refractivity contribution in [3.63, 3.8) is 0 Å². The van der Waals surface area contributed by atoms with Gasteiger partial charge in [0.05, 0.1) is 17.8 Å². The van der Waals surface area contributed by atoms with Crippen LogP contribution in [-0.2, 0) is 16.1 Å². The second kappa shape index (κ2) is 11.4. The van der Waals surface area contributed by atoms with Crippen molar-refractivity contribution >= 4 is 5.91 Å². The SMILES string of the molecule is COCC(=O)N(C[C@H]1CCC[C@@H]1O)[C@@H](c1nc(-c2ccccc2)cn1Cc1ccccc1)C(C)(C)C. The van der Waals surface area contributed by atoms with E-state index in [2.05, 4.69) is 55.8 Å². The summed E-state index contributed by atoms with van der Waals surface area (Å²) in [6, 6.07) is 20.2. The van der Waals surface area contributed by atoms with Crippen molar-refractivity contribution in [2.24, 2.45) is 11.3 Å². The van der Waals surface area contributed by atoms with E-state index in [0.717, 1.165) is 36.3 Å². The Bertz CT molecular complexity index is 1120. The number of hydrogen-bond acceptors (Lipinski definition) is 4. The molecule has 0 aliphatic heterocycles. The fraction of sp³-hybridized carbons (Fsp3) is 0.467. The van der Waals surface area contributed by atoms with E-state index >= 15 is 0 Å². The first kappa shape index (κ1) is 26.1. The minimum Gasteiger partial charge on any atom is -0.393 e. The van der Waals surface area contributed by atoms with Gasteiger partial charge < -0.3 is 19.3 Å². The second-order valence-electron chi connectivity index (χ2n) is 11.0. The van der Waals surface area contributed by atoms with E-state index < -0.39 is 0 Å². The summed E-state index contributed by atoms with van der Waals surface area (Å²) in [6.45, 7) is 7.60. The predicted molar refractivity (Wildman–Crippen MR) is 142 cm³/mol. The van der Waals surface area contributed by atoms with Crippen LogP contribution in [-0.4, -0.2) is 51.8 Å². The minimum atomic E-state index is -0.382. The molecule has 0 unspecified atom stereocenters. The second-order valence-corrected chi connectivity index (χ2v) is 11.0. The largest absolute Gasteiger partial charge is 0.393 e. The number of carbonyl (C=O) groups excluding carboxylic acids is 1. The fourth-order valence-electron chi connectivity index (χ4n) is 5.34. The molecule has 4 rings (SSSR count). The first-order valence-electron chi connectivity index (χ1n) is 12.9. The monoisotopic (exact) mass is 489 g/mol. The molecular weight excluding hydrogens is 450 g/mol. The molecule has 6 nitrogen and oxygen atoms in total. The van der Waals surface area contributed by atoms with E-state index in [1.165, 1.54) is 5.56 Å². The number of imidazole rings is 1. The Hall–Kier alpha value is -2.96. The average Bonchev–Trinajstić information content (AvgIpc) is 3.45. The van der Waals surface area contributed by atoms with Gasteiger partial charge in [-0.05, 0) is 23.8 Å². The lowest BCUT2D eigenvalue weighted by Gasteiger charge is -2.41. The number of ether oxygens (including phenoxy) is 1. The van der Waals surface area contributed by atoms with Crippen LogP contribution in [0.4, 0.5) is 0 Å². The molecule has 1 amide bonds. The summed E-state index contributed by atoms with van der Waals surface area (Å²) in [4.78, 5) is 20.6. The Labute approximate surface area is 214 Å². The van der Waals surface area contributed by atoms with Crippen LogP contribution in [0.2, 0.25) is 0 Å². The molecule has 0 bridgehead atoms. The molecule has 3 atom stereocenters. The van der Waals surface area contributed by atoms with Gasteiger partial charge >= 0.3 is 0 Å². The average molecular weight is 490 g/mol. The Balaban J connectivity index is 1.82. The molecule has 0 spiro atoms. The lowest BCUT2D eigenvalue weighted by atomic mass is 9.84. The summed E-state index contributed by atoms with van der Waals surface area (Å²) in [5, 5.41) is 10.6. The van der Waals surface area contributed by atoms with Gasteiger partial charge in [0.1, 0.15) is 12.4 Å². The molecule has 1 heterocycles. The Morgan fingerprint density at radius 3 is 2.36 bits per heavy atom. The highest BCUT2D eigenvalue weighted by Gasteiger charge is 2.40. The Kier molecular flexibility index (Phi) is 8.27. The maximum absolute atomic E-state index is 13.5. The summed E-state index contributed by atoms with van der Waals surface area (Å²) in [7, 11) is 1.55. The summed E-state index contributed by atoms with van der Waals surface area (Å²) >= 11 is 0. The van der Waals surface area contributed by atoms with Gasteiger partial charge in [-0.15, -0.1) is 0 Å². The smallest absolute Gasteiger partial charge is 0.249 e. The summed E-state index contributed by atoms with van der Waals surface area (Å²) in [6.07, 6.45) is 4.41. The highest BCUT2D eigenvalue weighted by molar-refractivity contribution is 5.78. The third-order valence-corrected chi connectivity index (χ3v) is 7.09. The van der Waals surface area contributed by atoms with Gasteiger partial charge in [0.2, 0.25) is 5.91 Å². The van der Waals surface area contributed by atoms with Crippen LogP contribution in [0.3, 0.4) is 0 Å². The van der Waals surface area contributed by atoms with Gasteiger partial charge in [-0.25, -0.2) is 4.98 Å². The molecule has 1 aliphatic rings. The molecule has 192 valence electrons. The predicted octanol–water partition coefficient (Wildman–Crippen LogP) is 5.32. The van der Waals surface area contributed by atoms with Crippen LogP contribution in [0.15, 0.2) is 66.9 Å². The van der Waals surface area contributed by atoms with Crippen molar-refractivity contribution in [3.05, 3.63) is 78.2 Å². The number of rotatable bonds is 9. The van der Waals surface area contributed by atoms with Crippen LogP contribution in [0.5, 0.6) is 0 Å². The van der Waals surface area contributed by atoms with Crippen molar-refractivity contribution in [3.8, 4) is 11.3 Å². The summed E-state index contributed by atoms with van der Waals surface area (Å²) in [5.41, 5.74) is 2.79. The van der Waals surface area contributed by atoms with Crippen LogP contribution < -0.4 is 0 Å². The molecule has 36 heavy (non-hydrogen) atoms. The topological polar surface area (TPSA) is 67.6 Å². The van der Waals surface area contributed by atoms with Gasteiger partial charge in [-0.3, -0.25) is 4.79 Å². The van der Waals surface area contributed by atoms with Crippen molar-refractivity contribution in [1.82, 2.24) is 14.5 Å². The zero-order valence-corrected chi connectivity index (χ0v) is 21.9. The van der Waals surface area contributed by atoms with Crippen molar-refractivity contribution in [2.45, 2.75) is 58.7 Å². The summed E-state index contributed by atoms with van der Waals surface area (Å²) in [5.74, 6) is 0.830. The quantitative estimate of drug-likeness (QED) is 0.442. The van der Waals surface area contributed by atoms with Crippen LogP contribution in [0, 0.1) is 11.3 Å². The number of aliphatic hydroxyl groups is 1. The zero-order valence-electron chi connectivity index (χ0n) is 21.9. The third kappa shape index (κ3) is 6.05. The van der Waals surface area contributed by atoms with Crippen molar-refractivity contribution < 1.29 is 14.6 Å².